The van der Waals surface area contributed by atoms with Crippen LogP contribution >= 0.6 is 31.9 Å². The second-order valence-corrected chi connectivity index (χ2v) is 8.82. The van der Waals surface area contributed by atoms with Gasteiger partial charge < -0.3 is 4.74 Å². The first-order valence-corrected chi connectivity index (χ1v) is 11.3. The van der Waals surface area contributed by atoms with Crippen LogP contribution < -0.4 is 0 Å². The molecule has 0 spiro atoms. The Morgan fingerprint density at radius 1 is 0.783 bits per heavy atom. The van der Waals surface area contributed by atoms with Gasteiger partial charge >= 0.3 is 5.97 Å². The molecule has 0 N–H and O–H groups in total. The van der Waals surface area contributed by atoms with Gasteiger partial charge in [0, 0.05) is 16.1 Å². The second kappa shape index (κ2) is 17.3. The van der Waals surface area contributed by atoms with Crippen molar-refractivity contribution in [3.63, 3.8) is 0 Å². The molecule has 2 atom stereocenters. The van der Waals surface area contributed by atoms with Gasteiger partial charge in [-0.3, -0.25) is 4.79 Å². The normalized spacial score (nSPS) is 13.7. The predicted molar refractivity (Wildman–Crippen MR) is 108 cm³/mol. The number of carbonyl (C=O) groups is 1. The number of rotatable bonds is 16. The summed E-state index contributed by atoms with van der Waals surface area (Å²) in [7, 11) is 1.46. The molecule has 4 heteroatoms. The predicted octanol–water partition coefficient (Wildman–Crippen LogP) is 7.17. The summed E-state index contributed by atoms with van der Waals surface area (Å²) >= 11 is 7.69. The van der Waals surface area contributed by atoms with Gasteiger partial charge in [-0.2, -0.15) is 0 Å². The lowest BCUT2D eigenvalue weighted by molar-refractivity contribution is -0.140. The largest absolute Gasteiger partial charge is 0.469 e. The van der Waals surface area contributed by atoms with E-state index in [4.69, 9.17) is 0 Å². The minimum absolute atomic E-state index is 0.0812. The van der Waals surface area contributed by atoms with Crippen LogP contribution in [-0.4, -0.2) is 22.7 Å². The van der Waals surface area contributed by atoms with Crippen LogP contribution in [0.1, 0.15) is 96.8 Å². The van der Waals surface area contributed by atoms with E-state index in [1.54, 1.807) is 0 Å². The smallest absolute Gasteiger partial charge is 0.305 e. The fourth-order valence-corrected chi connectivity index (χ4v) is 3.90. The fraction of sp³-hybridized carbons (Fsp3) is 0.947. The van der Waals surface area contributed by atoms with E-state index < -0.39 is 0 Å². The number of hydrogen-bond donors (Lipinski definition) is 0. The number of esters is 1. The van der Waals surface area contributed by atoms with Crippen LogP contribution in [-0.2, 0) is 9.53 Å². The highest BCUT2D eigenvalue weighted by molar-refractivity contribution is 9.12. The van der Waals surface area contributed by atoms with E-state index in [1.165, 1.54) is 77.7 Å². The summed E-state index contributed by atoms with van der Waals surface area (Å²) in [6, 6.07) is 0. The summed E-state index contributed by atoms with van der Waals surface area (Å²) in [5, 5.41) is 0. The van der Waals surface area contributed by atoms with Crippen molar-refractivity contribution >= 4 is 37.8 Å². The van der Waals surface area contributed by atoms with Crippen molar-refractivity contribution in [2.24, 2.45) is 0 Å². The van der Waals surface area contributed by atoms with Crippen molar-refractivity contribution in [3.8, 4) is 0 Å². The minimum atomic E-state index is -0.0812. The molecule has 0 heterocycles. The third kappa shape index (κ3) is 15.7. The second-order valence-electron chi connectivity index (χ2n) is 6.47. The SMILES string of the molecule is CCCCCCCCC(Br)C(Br)CCCCCCCC(=O)OC. The number of ether oxygens (including phenoxy) is 1. The van der Waals surface area contributed by atoms with Gasteiger partial charge in [0.1, 0.15) is 0 Å². The maximum atomic E-state index is 11.0. The Kier molecular flexibility index (Phi) is 17.6. The van der Waals surface area contributed by atoms with E-state index in [0.717, 1.165) is 12.8 Å². The molecule has 0 aromatic rings. The van der Waals surface area contributed by atoms with Gasteiger partial charge in [0.15, 0.2) is 0 Å². The average Bonchev–Trinajstić information content (AvgIpc) is 2.56. The quantitative estimate of drug-likeness (QED) is 0.140. The van der Waals surface area contributed by atoms with Gasteiger partial charge in [-0.1, -0.05) is 103 Å². The van der Waals surface area contributed by atoms with E-state index in [0.29, 0.717) is 16.1 Å². The number of alkyl halides is 2. The molecule has 0 rings (SSSR count). The van der Waals surface area contributed by atoms with Gasteiger partial charge in [0.2, 0.25) is 0 Å². The Morgan fingerprint density at radius 3 is 1.70 bits per heavy atom. The molecule has 0 aromatic heterocycles. The molecule has 0 aliphatic heterocycles. The molecule has 2 nitrogen and oxygen atoms in total. The number of hydrogen-bond acceptors (Lipinski definition) is 2. The first-order chi connectivity index (χ1) is 11.1. The van der Waals surface area contributed by atoms with Crippen LogP contribution in [0.2, 0.25) is 0 Å². The highest BCUT2D eigenvalue weighted by Crippen LogP contribution is 2.25. The lowest BCUT2D eigenvalue weighted by Gasteiger charge is -2.16. The molecule has 0 aliphatic carbocycles. The van der Waals surface area contributed by atoms with Crippen LogP contribution in [0.5, 0.6) is 0 Å². The molecule has 2 unspecified atom stereocenters. The highest BCUT2D eigenvalue weighted by atomic mass is 79.9. The lowest BCUT2D eigenvalue weighted by Crippen LogP contribution is -2.13. The molecule has 138 valence electrons. The first kappa shape index (κ1) is 23.4. The maximum Gasteiger partial charge on any atom is 0.305 e. The summed E-state index contributed by atoms with van der Waals surface area (Å²) in [6.45, 7) is 2.27. The van der Waals surface area contributed by atoms with Crippen LogP contribution in [0, 0.1) is 0 Å². The van der Waals surface area contributed by atoms with Crippen LogP contribution in [0.15, 0.2) is 0 Å². The molecule has 23 heavy (non-hydrogen) atoms. The molecule has 0 aliphatic rings. The Morgan fingerprint density at radius 2 is 1.22 bits per heavy atom. The summed E-state index contributed by atoms with van der Waals surface area (Å²) in [6.07, 6.45) is 17.2. The van der Waals surface area contributed by atoms with E-state index in [1.807, 2.05) is 0 Å². The van der Waals surface area contributed by atoms with Crippen molar-refractivity contribution in [2.75, 3.05) is 7.11 Å². The molecule has 0 aromatic carbocycles. The molecule has 0 saturated heterocycles. The van der Waals surface area contributed by atoms with Crippen molar-refractivity contribution < 1.29 is 9.53 Å². The van der Waals surface area contributed by atoms with E-state index in [9.17, 15) is 4.79 Å². The van der Waals surface area contributed by atoms with Crippen molar-refractivity contribution in [1.82, 2.24) is 0 Å². The van der Waals surface area contributed by atoms with Gasteiger partial charge in [0.25, 0.3) is 0 Å². The van der Waals surface area contributed by atoms with Crippen molar-refractivity contribution in [3.05, 3.63) is 0 Å². The molecular formula is C19H36Br2O2. The van der Waals surface area contributed by atoms with Crippen LogP contribution in [0.25, 0.3) is 0 Å². The van der Waals surface area contributed by atoms with E-state index in [2.05, 4.69) is 43.5 Å². The van der Waals surface area contributed by atoms with Gasteiger partial charge in [-0.25, -0.2) is 0 Å². The number of carbonyl (C=O) groups excluding carboxylic acids is 1. The third-order valence-electron chi connectivity index (χ3n) is 4.31. The average molecular weight is 456 g/mol. The Balaban J connectivity index is 3.40. The summed E-state index contributed by atoms with van der Waals surface area (Å²) in [4.78, 5) is 12.2. The molecule has 0 saturated carbocycles. The van der Waals surface area contributed by atoms with Gasteiger partial charge in [-0.05, 0) is 19.3 Å². The first-order valence-electron chi connectivity index (χ1n) is 9.46. The van der Waals surface area contributed by atoms with Crippen LogP contribution in [0.4, 0.5) is 0 Å². The van der Waals surface area contributed by atoms with E-state index in [-0.39, 0.29) is 5.97 Å². The molecule has 0 fully saturated rings. The molecular weight excluding hydrogens is 420 g/mol. The number of methoxy groups -OCH3 is 1. The maximum absolute atomic E-state index is 11.0. The Labute approximate surface area is 160 Å². The molecule has 0 bridgehead atoms. The molecule has 0 amide bonds. The number of halogens is 2. The van der Waals surface area contributed by atoms with Crippen LogP contribution in [0.3, 0.4) is 0 Å². The topological polar surface area (TPSA) is 26.3 Å². The number of unbranched alkanes of at least 4 members (excludes halogenated alkanes) is 9. The zero-order valence-corrected chi connectivity index (χ0v) is 18.3. The zero-order valence-electron chi connectivity index (χ0n) is 15.1. The Bertz CT molecular complexity index is 272. The summed E-state index contributed by atoms with van der Waals surface area (Å²) in [5.41, 5.74) is 0. The monoisotopic (exact) mass is 454 g/mol. The Hall–Kier alpha value is 0.430. The van der Waals surface area contributed by atoms with Crippen molar-refractivity contribution in [2.45, 2.75) is 106 Å². The third-order valence-corrected chi connectivity index (χ3v) is 7.22. The highest BCUT2D eigenvalue weighted by Gasteiger charge is 2.14. The minimum Gasteiger partial charge on any atom is -0.469 e. The lowest BCUT2D eigenvalue weighted by atomic mass is 10.0. The zero-order chi connectivity index (χ0) is 17.3. The van der Waals surface area contributed by atoms with Crippen molar-refractivity contribution in [1.29, 1.82) is 0 Å². The summed E-state index contributed by atoms with van der Waals surface area (Å²) < 4.78 is 4.64. The summed E-state index contributed by atoms with van der Waals surface area (Å²) in [5.74, 6) is -0.0812. The fourth-order valence-electron chi connectivity index (χ4n) is 2.72. The van der Waals surface area contributed by atoms with Gasteiger partial charge in [-0.15, -0.1) is 0 Å². The molecule has 0 radical (unpaired) electrons. The van der Waals surface area contributed by atoms with Gasteiger partial charge in [0.05, 0.1) is 7.11 Å². The standard InChI is InChI=1S/C19H36Br2O2/c1-3-4-5-6-8-11-14-17(20)18(21)15-12-9-7-10-13-16-19(22)23-2/h17-18H,3-16H2,1-2H3. The van der Waals surface area contributed by atoms with E-state index >= 15 is 0 Å².